The van der Waals surface area contributed by atoms with Crippen molar-refractivity contribution in [1.82, 2.24) is 9.88 Å². The van der Waals surface area contributed by atoms with Crippen LogP contribution in [0, 0.1) is 0 Å². The maximum Gasteiger partial charge on any atom is 0.0523 e. The van der Waals surface area contributed by atoms with Gasteiger partial charge in [-0.1, -0.05) is 60.7 Å². The number of nitrogens with one attached hydrogen (secondary N) is 1. The molecule has 1 unspecified atom stereocenters. The fourth-order valence-electron chi connectivity index (χ4n) is 4.25. The van der Waals surface area contributed by atoms with Gasteiger partial charge in [0.05, 0.1) is 5.92 Å². The van der Waals surface area contributed by atoms with Gasteiger partial charge in [-0.05, 0) is 34.1 Å². The molecule has 0 amide bonds. The number of nitrogens with zero attached hydrogens (tertiary/aromatic N) is 1. The van der Waals surface area contributed by atoms with Crippen LogP contribution < -0.4 is 10.4 Å². The van der Waals surface area contributed by atoms with Crippen molar-refractivity contribution < 1.29 is 0 Å². The fraction of sp³-hybridized carbons (Fsp3) is 0.130. The van der Waals surface area contributed by atoms with Crippen LogP contribution in [0.15, 0.2) is 72.9 Å². The van der Waals surface area contributed by atoms with Crippen molar-refractivity contribution in [1.29, 1.82) is 0 Å². The minimum absolute atomic E-state index is 0.317. The molecule has 0 saturated heterocycles. The first-order valence-electron chi connectivity index (χ1n) is 8.77. The molecule has 25 heavy (non-hydrogen) atoms. The van der Waals surface area contributed by atoms with Gasteiger partial charge in [0.15, 0.2) is 0 Å². The molecule has 2 heteroatoms. The Hall–Kier alpha value is -3.00. The van der Waals surface area contributed by atoms with Crippen molar-refractivity contribution in [2.24, 2.45) is 0 Å². The van der Waals surface area contributed by atoms with Crippen molar-refractivity contribution in [2.45, 2.75) is 12.5 Å². The normalized spacial score (nSPS) is 17.2. The molecular formula is C23H20N2. The SMILES string of the molecule is CN(Cc1ccccc1)C1=c2ccccc2=C2C=Cc3[nH]ccc3C21. The van der Waals surface area contributed by atoms with Crippen molar-refractivity contribution in [3.8, 4) is 0 Å². The van der Waals surface area contributed by atoms with Gasteiger partial charge >= 0.3 is 0 Å². The van der Waals surface area contributed by atoms with E-state index >= 15 is 0 Å². The number of H-pyrrole nitrogens is 1. The lowest BCUT2D eigenvalue weighted by Gasteiger charge is -2.29. The van der Waals surface area contributed by atoms with Gasteiger partial charge in [0.25, 0.3) is 0 Å². The largest absolute Gasteiger partial charge is 0.372 e. The second-order valence-corrected chi connectivity index (χ2v) is 6.84. The molecule has 1 heterocycles. The summed E-state index contributed by atoms with van der Waals surface area (Å²) in [4.78, 5) is 5.79. The van der Waals surface area contributed by atoms with E-state index in [1.54, 1.807) is 0 Å². The molecule has 0 radical (unpaired) electrons. The van der Waals surface area contributed by atoms with Crippen LogP contribution in [-0.2, 0) is 6.54 Å². The van der Waals surface area contributed by atoms with Crippen molar-refractivity contribution in [3.05, 3.63) is 100 Å². The number of allylic oxidation sites excluding steroid dienone is 1. The third kappa shape index (κ3) is 2.18. The molecule has 1 atom stereocenters. The molecule has 2 aliphatic carbocycles. The predicted molar refractivity (Wildman–Crippen MR) is 103 cm³/mol. The Morgan fingerprint density at radius 2 is 1.64 bits per heavy atom. The molecule has 0 spiro atoms. The molecule has 5 rings (SSSR count). The van der Waals surface area contributed by atoms with Crippen molar-refractivity contribution in [2.75, 3.05) is 7.05 Å². The summed E-state index contributed by atoms with van der Waals surface area (Å²) in [7, 11) is 2.21. The number of likely N-dealkylation sites (N-methyl/N-ethyl adjacent to an activating group) is 1. The maximum atomic E-state index is 3.37. The van der Waals surface area contributed by atoms with Crippen LogP contribution in [-0.4, -0.2) is 16.9 Å². The van der Waals surface area contributed by atoms with E-state index in [4.69, 9.17) is 0 Å². The van der Waals surface area contributed by atoms with Crippen molar-refractivity contribution >= 4 is 17.3 Å². The standard InChI is InChI=1S/C23H20N2/c1-25(15-16-7-3-2-4-8-16)23-19-10-6-5-9-17(19)18-11-12-21-20(22(18)23)13-14-24-21/h2-14,22,24H,15H2,1H3. The molecule has 122 valence electrons. The summed E-state index contributed by atoms with van der Waals surface area (Å²) >= 11 is 0. The Bertz CT molecular complexity index is 1090. The molecule has 1 aromatic heterocycles. The van der Waals surface area contributed by atoms with E-state index in [1.165, 1.54) is 38.5 Å². The Balaban J connectivity index is 1.69. The average molecular weight is 324 g/mol. The summed E-state index contributed by atoms with van der Waals surface area (Å²) in [5, 5.41) is 2.73. The summed E-state index contributed by atoms with van der Waals surface area (Å²) in [5.41, 5.74) is 6.76. The fourth-order valence-corrected chi connectivity index (χ4v) is 4.25. The summed E-state index contributed by atoms with van der Waals surface area (Å²) in [6, 6.07) is 21.7. The smallest absolute Gasteiger partial charge is 0.0523 e. The Kier molecular flexibility index (Phi) is 3.17. The second-order valence-electron chi connectivity index (χ2n) is 6.84. The molecule has 1 N–H and O–H groups in total. The van der Waals surface area contributed by atoms with E-state index in [-0.39, 0.29) is 0 Å². The summed E-state index contributed by atoms with van der Waals surface area (Å²) in [6.45, 7) is 0.914. The first-order valence-corrected chi connectivity index (χ1v) is 8.77. The molecule has 2 nitrogen and oxygen atoms in total. The lowest BCUT2D eigenvalue weighted by atomic mass is 9.86. The van der Waals surface area contributed by atoms with Gasteiger partial charge in [0.2, 0.25) is 0 Å². The van der Waals surface area contributed by atoms with Crippen LogP contribution in [0.4, 0.5) is 0 Å². The lowest BCUT2D eigenvalue weighted by Crippen LogP contribution is -2.29. The second kappa shape index (κ2) is 5.52. The number of benzene rings is 2. The molecule has 0 aliphatic heterocycles. The van der Waals surface area contributed by atoms with Crippen LogP contribution in [0.3, 0.4) is 0 Å². The molecule has 3 aromatic rings. The lowest BCUT2D eigenvalue weighted by molar-refractivity contribution is 0.456. The minimum Gasteiger partial charge on any atom is -0.372 e. The summed E-state index contributed by atoms with van der Waals surface area (Å²) < 4.78 is 0. The van der Waals surface area contributed by atoms with Crippen LogP contribution in [0.25, 0.3) is 17.3 Å². The quantitative estimate of drug-likeness (QED) is 0.784. The monoisotopic (exact) mass is 324 g/mol. The van der Waals surface area contributed by atoms with Gasteiger partial charge in [-0.15, -0.1) is 0 Å². The van der Waals surface area contributed by atoms with Crippen LogP contribution in [0.2, 0.25) is 0 Å². The minimum atomic E-state index is 0.317. The van der Waals surface area contributed by atoms with Crippen LogP contribution in [0.5, 0.6) is 0 Å². The van der Waals surface area contributed by atoms with Gasteiger partial charge in [-0.25, -0.2) is 0 Å². The highest BCUT2D eigenvalue weighted by Gasteiger charge is 2.32. The van der Waals surface area contributed by atoms with E-state index in [1.807, 2.05) is 0 Å². The van der Waals surface area contributed by atoms with Gasteiger partial charge in [0, 0.05) is 36.4 Å². The number of rotatable bonds is 3. The highest BCUT2D eigenvalue weighted by molar-refractivity contribution is 5.88. The molecule has 0 bridgehead atoms. The van der Waals surface area contributed by atoms with Crippen molar-refractivity contribution in [3.63, 3.8) is 0 Å². The number of fused-ring (bicyclic) bond motifs is 4. The highest BCUT2D eigenvalue weighted by Crippen LogP contribution is 2.42. The summed E-state index contributed by atoms with van der Waals surface area (Å²) in [6.07, 6.45) is 6.54. The van der Waals surface area contributed by atoms with Gasteiger partial charge < -0.3 is 9.88 Å². The topological polar surface area (TPSA) is 19.0 Å². The number of aromatic amines is 1. The van der Waals surface area contributed by atoms with Gasteiger partial charge in [0.1, 0.15) is 0 Å². The molecule has 2 aliphatic rings. The number of hydrogen-bond acceptors (Lipinski definition) is 1. The molecule has 0 saturated carbocycles. The molecular weight excluding hydrogens is 304 g/mol. The first kappa shape index (κ1) is 14.4. The van der Waals surface area contributed by atoms with Gasteiger partial charge in [-0.3, -0.25) is 0 Å². The van der Waals surface area contributed by atoms with E-state index in [0.717, 1.165) is 6.54 Å². The molecule has 0 fully saturated rings. The van der Waals surface area contributed by atoms with Gasteiger partial charge in [-0.2, -0.15) is 0 Å². The molecule has 2 aromatic carbocycles. The van der Waals surface area contributed by atoms with E-state index in [2.05, 4.69) is 95.9 Å². The highest BCUT2D eigenvalue weighted by atomic mass is 15.1. The van der Waals surface area contributed by atoms with Crippen LogP contribution >= 0.6 is 0 Å². The summed E-state index contributed by atoms with van der Waals surface area (Å²) in [5.74, 6) is 0.317. The average Bonchev–Trinajstić information content (AvgIpc) is 3.24. The maximum absolute atomic E-state index is 3.37. The van der Waals surface area contributed by atoms with E-state index in [9.17, 15) is 0 Å². The zero-order valence-corrected chi connectivity index (χ0v) is 14.2. The van der Waals surface area contributed by atoms with E-state index in [0.29, 0.717) is 5.92 Å². The van der Waals surface area contributed by atoms with E-state index < -0.39 is 0 Å². The number of aromatic nitrogens is 1. The Morgan fingerprint density at radius 1 is 0.880 bits per heavy atom. The third-order valence-corrected chi connectivity index (χ3v) is 5.33. The Morgan fingerprint density at radius 3 is 2.48 bits per heavy atom. The number of hydrogen-bond donors (Lipinski definition) is 1. The zero-order valence-electron chi connectivity index (χ0n) is 14.2. The first-order chi connectivity index (χ1) is 12.3. The predicted octanol–water partition coefficient (Wildman–Crippen LogP) is 3.23. The zero-order chi connectivity index (χ0) is 16.8. The third-order valence-electron chi connectivity index (χ3n) is 5.33. The van der Waals surface area contributed by atoms with Crippen LogP contribution in [0.1, 0.15) is 22.7 Å². The Labute approximate surface area is 147 Å².